The van der Waals surface area contributed by atoms with Crippen LogP contribution in [0.15, 0.2) is 36.9 Å². The van der Waals surface area contributed by atoms with Gasteiger partial charge < -0.3 is 14.7 Å². The van der Waals surface area contributed by atoms with Gasteiger partial charge in [0.1, 0.15) is 18.4 Å². The molecule has 0 bridgehead atoms. The van der Waals surface area contributed by atoms with Crippen molar-refractivity contribution >= 4 is 11.9 Å². The van der Waals surface area contributed by atoms with Crippen molar-refractivity contribution in [3.63, 3.8) is 0 Å². The summed E-state index contributed by atoms with van der Waals surface area (Å²) in [5, 5.41) is 9.22. The van der Waals surface area contributed by atoms with Gasteiger partial charge in [0.15, 0.2) is 0 Å². The Hall–Kier alpha value is -2.30. The predicted octanol–water partition coefficient (Wildman–Crippen LogP) is 2.33. The van der Waals surface area contributed by atoms with Crippen LogP contribution >= 0.6 is 0 Å². The molecule has 2 rings (SSSR count). The third kappa shape index (κ3) is 3.62. The highest BCUT2D eigenvalue weighted by Gasteiger charge is 2.32. The molecule has 5 nitrogen and oxygen atoms in total. The summed E-state index contributed by atoms with van der Waals surface area (Å²) in [4.78, 5) is 25.1. The highest BCUT2D eigenvalue weighted by atomic mass is 16.5. The molecule has 1 aromatic rings. The summed E-state index contributed by atoms with van der Waals surface area (Å²) in [6.45, 7) is 4.46. The van der Waals surface area contributed by atoms with Crippen LogP contribution in [0.25, 0.3) is 0 Å². The van der Waals surface area contributed by atoms with Gasteiger partial charge in [0.2, 0.25) is 0 Å². The van der Waals surface area contributed by atoms with Crippen molar-refractivity contribution in [2.45, 2.75) is 25.3 Å². The van der Waals surface area contributed by atoms with Gasteiger partial charge >= 0.3 is 5.97 Å². The minimum Gasteiger partial charge on any atom is -0.490 e. The number of piperidine rings is 1. The first-order chi connectivity index (χ1) is 10.1. The summed E-state index contributed by atoms with van der Waals surface area (Å²) in [5.41, 5.74) is 0.481. The molecule has 0 radical (unpaired) electrons. The van der Waals surface area contributed by atoms with Crippen LogP contribution in [-0.4, -0.2) is 41.1 Å². The second-order valence-electron chi connectivity index (χ2n) is 4.97. The first-order valence-electron chi connectivity index (χ1n) is 7.01. The van der Waals surface area contributed by atoms with Crippen LogP contribution < -0.4 is 4.74 Å². The van der Waals surface area contributed by atoms with E-state index in [0.717, 1.165) is 12.8 Å². The Morgan fingerprint density at radius 3 is 2.67 bits per heavy atom. The van der Waals surface area contributed by atoms with E-state index in [-0.39, 0.29) is 5.91 Å². The van der Waals surface area contributed by atoms with Crippen molar-refractivity contribution in [3.05, 3.63) is 42.5 Å². The van der Waals surface area contributed by atoms with Crippen LogP contribution in [-0.2, 0) is 4.79 Å². The molecule has 1 fully saturated rings. The van der Waals surface area contributed by atoms with Gasteiger partial charge in [-0.2, -0.15) is 0 Å². The SMILES string of the molecule is C=CCOc1ccc(C(=O)N2CCCC[C@@H]2C(=O)O)cc1. The molecule has 0 spiro atoms. The Labute approximate surface area is 123 Å². The molecule has 0 unspecified atom stereocenters. The van der Waals surface area contributed by atoms with Crippen LogP contribution in [0.2, 0.25) is 0 Å². The topological polar surface area (TPSA) is 66.8 Å². The van der Waals surface area contributed by atoms with Crippen LogP contribution in [0.5, 0.6) is 5.75 Å². The molecule has 1 atom stereocenters. The number of likely N-dealkylation sites (tertiary alicyclic amines) is 1. The van der Waals surface area contributed by atoms with Crippen LogP contribution in [0.4, 0.5) is 0 Å². The monoisotopic (exact) mass is 289 g/mol. The Morgan fingerprint density at radius 1 is 1.33 bits per heavy atom. The Morgan fingerprint density at radius 2 is 2.05 bits per heavy atom. The zero-order valence-electron chi connectivity index (χ0n) is 11.8. The average molecular weight is 289 g/mol. The Balaban J connectivity index is 2.10. The number of hydrogen-bond acceptors (Lipinski definition) is 3. The number of carbonyl (C=O) groups is 2. The number of benzene rings is 1. The number of carboxylic acids is 1. The van der Waals surface area contributed by atoms with Gasteiger partial charge in [-0.05, 0) is 43.5 Å². The van der Waals surface area contributed by atoms with Gasteiger partial charge in [-0.1, -0.05) is 12.7 Å². The predicted molar refractivity (Wildman–Crippen MR) is 78.4 cm³/mol. The Bertz CT molecular complexity index is 524. The second-order valence-corrected chi connectivity index (χ2v) is 4.97. The molecule has 1 amide bonds. The van der Waals surface area contributed by atoms with Gasteiger partial charge in [0, 0.05) is 12.1 Å². The Kier molecular flexibility index (Phi) is 4.98. The quantitative estimate of drug-likeness (QED) is 0.845. The van der Waals surface area contributed by atoms with E-state index >= 15 is 0 Å². The highest BCUT2D eigenvalue weighted by molar-refractivity contribution is 5.96. The minimum absolute atomic E-state index is 0.239. The van der Waals surface area contributed by atoms with Crippen LogP contribution in [0.3, 0.4) is 0 Å². The molecule has 1 heterocycles. The number of hydrogen-bond donors (Lipinski definition) is 1. The van der Waals surface area contributed by atoms with Crippen LogP contribution in [0, 0.1) is 0 Å². The summed E-state index contributed by atoms with van der Waals surface area (Å²) in [5.74, 6) is -0.522. The van der Waals surface area contributed by atoms with E-state index < -0.39 is 12.0 Å². The third-order valence-corrected chi connectivity index (χ3v) is 3.52. The van der Waals surface area contributed by atoms with Gasteiger partial charge in [0.05, 0.1) is 0 Å². The fraction of sp³-hybridized carbons (Fsp3) is 0.375. The molecule has 112 valence electrons. The van der Waals surface area contributed by atoms with Crippen molar-refractivity contribution in [1.82, 2.24) is 4.90 Å². The van der Waals surface area contributed by atoms with E-state index in [1.165, 1.54) is 4.90 Å². The van der Waals surface area contributed by atoms with Gasteiger partial charge in [0.25, 0.3) is 5.91 Å². The molecule has 1 N–H and O–H groups in total. The maximum absolute atomic E-state index is 12.4. The lowest BCUT2D eigenvalue weighted by molar-refractivity contribution is -0.143. The van der Waals surface area contributed by atoms with Crippen molar-refractivity contribution in [2.75, 3.05) is 13.2 Å². The van der Waals surface area contributed by atoms with E-state index in [4.69, 9.17) is 4.74 Å². The largest absolute Gasteiger partial charge is 0.490 e. The first kappa shape index (κ1) is 15.1. The molecule has 1 saturated heterocycles. The van der Waals surface area contributed by atoms with E-state index in [1.807, 2.05) is 0 Å². The van der Waals surface area contributed by atoms with Crippen molar-refractivity contribution < 1.29 is 19.4 Å². The molecule has 21 heavy (non-hydrogen) atoms. The molecule has 1 aliphatic heterocycles. The molecular weight excluding hydrogens is 270 g/mol. The summed E-state index contributed by atoms with van der Waals surface area (Å²) >= 11 is 0. The normalized spacial score (nSPS) is 18.1. The second kappa shape index (κ2) is 6.92. The molecular formula is C16H19NO4. The fourth-order valence-electron chi connectivity index (χ4n) is 2.45. The maximum atomic E-state index is 12.4. The first-order valence-corrected chi connectivity index (χ1v) is 7.01. The van der Waals surface area contributed by atoms with Crippen molar-refractivity contribution in [1.29, 1.82) is 0 Å². The number of ether oxygens (including phenoxy) is 1. The van der Waals surface area contributed by atoms with Crippen LogP contribution in [0.1, 0.15) is 29.6 Å². The van der Waals surface area contributed by atoms with E-state index in [9.17, 15) is 14.7 Å². The molecule has 1 aromatic carbocycles. The lowest BCUT2D eigenvalue weighted by Crippen LogP contribution is -2.47. The van der Waals surface area contributed by atoms with Gasteiger partial charge in [-0.25, -0.2) is 4.79 Å². The van der Waals surface area contributed by atoms with E-state index in [1.54, 1.807) is 30.3 Å². The number of carbonyl (C=O) groups excluding carboxylic acids is 1. The third-order valence-electron chi connectivity index (χ3n) is 3.52. The number of aliphatic carboxylic acids is 1. The fourth-order valence-corrected chi connectivity index (χ4v) is 2.45. The number of rotatable bonds is 5. The van der Waals surface area contributed by atoms with E-state index in [0.29, 0.717) is 30.9 Å². The lowest BCUT2D eigenvalue weighted by atomic mass is 10.0. The molecule has 0 saturated carbocycles. The van der Waals surface area contributed by atoms with Crippen molar-refractivity contribution in [3.8, 4) is 5.75 Å². The molecule has 1 aliphatic rings. The molecule has 0 aliphatic carbocycles. The lowest BCUT2D eigenvalue weighted by Gasteiger charge is -2.33. The highest BCUT2D eigenvalue weighted by Crippen LogP contribution is 2.21. The van der Waals surface area contributed by atoms with Crippen molar-refractivity contribution in [2.24, 2.45) is 0 Å². The maximum Gasteiger partial charge on any atom is 0.326 e. The van der Waals surface area contributed by atoms with Gasteiger partial charge in [-0.3, -0.25) is 4.79 Å². The average Bonchev–Trinajstić information content (AvgIpc) is 2.52. The number of nitrogens with zero attached hydrogens (tertiary/aromatic N) is 1. The summed E-state index contributed by atoms with van der Waals surface area (Å²) in [6, 6.07) is 6.01. The molecule has 0 aromatic heterocycles. The zero-order chi connectivity index (χ0) is 15.2. The summed E-state index contributed by atoms with van der Waals surface area (Å²) < 4.78 is 5.36. The minimum atomic E-state index is -0.936. The van der Waals surface area contributed by atoms with Gasteiger partial charge in [-0.15, -0.1) is 0 Å². The van der Waals surface area contributed by atoms with E-state index in [2.05, 4.69) is 6.58 Å². The smallest absolute Gasteiger partial charge is 0.326 e. The number of amides is 1. The zero-order valence-corrected chi connectivity index (χ0v) is 11.8. The summed E-state index contributed by atoms with van der Waals surface area (Å²) in [7, 11) is 0. The standard InChI is InChI=1S/C16H19NO4/c1-2-11-21-13-8-6-12(7-9-13)15(18)17-10-4-3-5-14(17)16(19)20/h2,6-9,14H,1,3-5,10-11H2,(H,19,20)/t14-/m1/s1. The number of carboxylic acid groups (broad SMARTS) is 1. The summed E-state index contributed by atoms with van der Waals surface area (Å²) in [6.07, 6.45) is 3.84. The molecule has 5 heteroatoms.